The fourth-order valence-corrected chi connectivity index (χ4v) is 3.10. The maximum absolute atomic E-state index is 9.84. The summed E-state index contributed by atoms with van der Waals surface area (Å²) < 4.78 is 0. The highest BCUT2D eigenvalue weighted by Crippen LogP contribution is 2.49. The molecule has 5 nitrogen and oxygen atoms in total. The fraction of sp³-hybridized carbons (Fsp3) is 0.929. The van der Waals surface area contributed by atoms with Crippen LogP contribution in [0.1, 0.15) is 33.1 Å². The molecule has 0 aromatic rings. The molecular formula is C14H28N4O. The molecule has 0 unspecified atom stereocenters. The molecule has 1 saturated heterocycles. The summed E-state index contributed by atoms with van der Waals surface area (Å²) in [5.41, 5.74) is 5.25. The number of β-amino-alcohol motifs (C(OH)–C–C–N with tert-alkyl or cyclic N) is 1. The molecule has 1 aliphatic heterocycles. The molecule has 0 amide bonds. The molecule has 1 aliphatic carbocycles. The van der Waals surface area contributed by atoms with Gasteiger partial charge in [0.15, 0.2) is 0 Å². The molecule has 0 bridgehead atoms. The van der Waals surface area contributed by atoms with Gasteiger partial charge in [-0.2, -0.15) is 0 Å². The van der Waals surface area contributed by atoms with Crippen molar-refractivity contribution in [2.24, 2.45) is 11.1 Å². The molecule has 110 valence electrons. The van der Waals surface area contributed by atoms with Gasteiger partial charge in [0, 0.05) is 45.7 Å². The number of nitrogens with two attached hydrogens (primary N) is 1. The van der Waals surface area contributed by atoms with E-state index in [4.69, 9.17) is 11.1 Å². The van der Waals surface area contributed by atoms with Crippen molar-refractivity contribution in [3.63, 3.8) is 0 Å². The topological polar surface area (TPSA) is 76.6 Å². The summed E-state index contributed by atoms with van der Waals surface area (Å²) in [4.78, 5) is 4.83. The van der Waals surface area contributed by atoms with E-state index in [0.29, 0.717) is 11.3 Å². The van der Waals surface area contributed by atoms with E-state index < -0.39 is 5.60 Å². The van der Waals surface area contributed by atoms with Gasteiger partial charge in [-0.15, -0.1) is 0 Å². The Kier molecular flexibility index (Phi) is 4.18. The van der Waals surface area contributed by atoms with Crippen molar-refractivity contribution in [3.05, 3.63) is 0 Å². The Labute approximate surface area is 116 Å². The molecule has 2 rings (SSSR count). The average molecular weight is 268 g/mol. The first-order valence-electron chi connectivity index (χ1n) is 7.28. The van der Waals surface area contributed by atoms with E-state index in [9.17, 15) is 5.11 Å². The summed E-state index contributed by atoms with van der Waals surface area (Å²) in [7, 11) is 0. The van der Waals surface area contributed by atoms with Crippen LogP contribution in [0.2, 0.25) is 0 Å². The highest BCUT2D eigenvalue weighted by atomic mass is 16.3. The molecule has 0 spiro atoms. The molecule has 0 aromatic carbocycles. The van der Waals surface area contributed by atoms with Crippen molar-refractivity contribution in [1.82, 2.24) is 9.80 Å². The summed E-state index contributed by atoms with van der Waals surface area (Å²) in [5.74, 6) is 0.332. The Balaban J connectivity index is 1.73. The van der Waals surface area contributed by atoms with E-state index in [0.717, 1.165) is 45.7 Å². The smallest absolute Gasteiger partial charge is 0.0911 e. The van der Waals surface area contributed by atoms with Gasteiger partial charge < -0.3 is 15.7 Å². The van der Waals surface area contributed by atoms with Crippen molar-refractivity contribution >= 4 is 5.84 Å². The average Bonchev–Trinajstić information content (AvgIpc) is 2.98. The molecular weight excluding hydrogens is 240 g/mol. The van der Waals surface area contributed by atoms with Gasteiger partial charge in [0.05, 0.1) is 11.4 Å². The maximum atomic E-state index is 9.84. The van der Waals surface area contributed by atoms with Crippen molar-refractivity contribution < 1.29 is 5.11 Å². The zero-order valence-electron chi connectivity index (χ0n) is 12.3. The predicted octanol–water partition coefficient (Wildman–Crippen LogP) is 0.481. The Morgan fingerprint density at radius 1 is 1.21 bits per heavy atom. The second-order valence-corrected chi connectivity index (χ2v) is 7.07. The van der Waals surface area contributed by atoms with Gasteiger partial charge in [-0.25, -0.2) is 0 Å². The van der Waals surface area contributed by atoms with Crippen molar-refractivity contribution in [3.8, 4) is 0 Å². The number of amidine groups is 1. The monoisotopic (exact) mass is 268 g/mol. The quantitative estimate of drug-likeness (QED) is 0.484. The Morgan fingerprint density at radius 2 is 1.74 bits per heavy atom. The lowest BCUT2D eigenvalue weighted by Gasteiger charge is -2.38. The van der Waals surface area contributed by atoms with Crippen LogP contribution < -0.4 is 5.73 Å². The van der Waals surface area contributed by atoms with E-state index in [-0.39, 0.29) is 0 Å². The predicted molar refractivity (Wildman–Crippen MR) is 77.4 cm³/mol. The zero-order valence-corrected chi connectivity index (χ0v) is 12.3. The van der Waals surface area contributed by atoms with Gasteiger partial charge in [0.1, 0.15) is 0 Å². The minimum Gasteiger partial charge on any atom is -0.389 e. The van der Waals surface area contributed by atoms with E-state index >= 15 is 0 Å². The van der Waals surface area contributed by atoms with Crippen LogP contribution >= 0.6 is 0 Å². The summed E-state index contributed by atoms with van der Waals surface area (Å²) in [6.45, 7) is 9.75. The van der Waals surface area contributed by atoms with Crippen LogP contribution in [0.25, 0.3) is 0 Å². The van der Waals surface area contributed by atoms with Gasteiger partial charge in [0.25, 0.3) is 0 Å². The summed E-state index contributed by atoms with van der Waals surface area (Å²) in [6.07, 6.45) is 3.20. The van der Waals surface area contributed by atoms with Gasteiger partial charge in [-0.05, 0) is 32.1 Å². The number of aliphatic hydroxyl groups is 1. The third-order valence-electron chi connectivity index (χ3n) is 4.16. The van der Waals surface area contributed by atoms with Crippen molar-refractivity contribution in [1.29, 1.82) is 5.41 Å². The highest BCUT2D eigenvalue weighted by Gasteiger charge is 2.44. The Morgan fingerprint density at radius 3 is 2.16 bits per heavy atom. The maximum Gasteiger partial charge on any atom is 0.0911 e. The van der Waals surface area contributed by atoms with Crippen LogP contribution in [0.4, 0.5) is 0 Å². The minimum atomic E-state index is -0.603. The van der Waals surface area contributed by atoms with Crippen LogP contribution in [0, 0.1) is 10.8 Å². The number of nitrogens with zero attached hydrogens (tertiary/aromatic N) is 2. The van der Waals surface area contributed by atoms with Crippen LogP contribution in [-0.4, -0.2) is 65.6 Å². The lowest BCUT2D eigenvalue weighted by Crippen LogP contribution is -2.51. The second-order valence-electron chi connectivity index (χ2n) is 7.07. The molecule has 1 heterocycles. The number of nitrogens with one attached hydrogen (secondary N) is 1. The van der Waals surface area contributed by atoms with Crippen molar-refractivity contribution in [2.45, 2.75) is 38.7 Å². The minimum absolute atomic E-state index is 0.310. The van der Waals surface area contributed by atoms with E-state index in [1.807, 2.05) is 13.8 Å². The second kappa shape index (κ2) is 5.38. The van der Waals surface area contributed by atoms with E-state index in [1.54, 1.807) is 0 Å². The van der Waals surface area contributed by atoms with Gasteiger partial charge >= 0.3 is 0 Å². The largest absolute Gasteiger partial charge is 0.389 e. The standard InChI is InChI=1S/C14H28N4O/c1-13(2,19)10-17-5-7-18(8-6-17)11-14(3-4-14)9-12(15)16/h19H,3-11H2,1-2H3,(H3,15,16). The molecule has 2 fully saturated rings. The van der Waals surface area contributed by atoms with E-state index in [1.165, 1.54) is 12.8 Å². The van der Waals surface area contributed by atoms with Gasteiger partial charge in [-0.1, -0.05) is 0 Å². The molecule has 1 saturated carbocycles. The molecule has 4 N–H and O–H groups in total. The van der Waals surface area contributed by atoms with Crippen LogP contribution in [-0.2, 0) is 0 Å². The molecule has 19 heavy (non-hydrogen) atoms. The lowest BCUT2D eigenvalue weighted by molar-refractivity contribution is 0.0151. The van der Waals surface area contributed by atoms with Gasteiger partial charge in [-0.3, -0.25) is 10.3 Å². The van der Waals surface area contributed by atoms with Crippen LogP contribution in [0.15, 0.2) is 0 Å². The van der Waals surface area contributed by atoms with Gasteiger partial charge in [0.2, 0.25) is 0 Å². The number of hydrogen-bond acceptors (Lipinski definition) is 4. The molecule has 0 radical (unpaired) electrons. The SMILES string of the molecule is CC(C)(O)CN1CCN(CC2(CC(=N)N)CC2)CC1. The molecule has 2 aliphatic rings. The summed E-state index contributed by atoms with van der Waals surface area (Å²) >= 11 is 0. The highest BCUT2D eigenvalue weighted by molar-refractivity contribution is 5.78. The Bertz CT molecular complexity index is 325. The van der Waals surface area contributed by atoms with E-state index in [2.05, 4.69) is 9.80 Å². The fourth-order valence-electron chi connectivity index (χ4n) is 3.10. The Hall–Kier alpha value is -0.650. The first kappa shape index (κ1) is 14.8. The first-order valence-corrected chi connectivity index (χ1v) is 7.28. The van der Waals surface area contributed by atoms with Crippen LogP contribution in [0.5, 0.6) is 0 Å². The summed E-state index contributed by atoms with van der Waals surface area (Å²) in [6, 6.07) is 0. The normalized spacial score (nSPS) is 24.4. The zero-order chi connectivity index (χ0) is 14.1. The first-order chi connectivity index (χ1) is 8.78. The third-order valence-corrected chi connectivity index (χ3v) is 4.16. The van der Waals surface area contributed by atoms with Crippen molar-refractivity contribution in [2.75, 3.05) is 39.3 Å². The number of rotatable bonds is 6. The number of piperazine rings is 1. The number of hydrogen-bond donors (Lipinski definition) is 3. The molecule has 5 heteroatoms. The molecule has 0 aromatic heterocycles. The lowest BCUT2D eigenvalue weighted by atomic mass is 10.0. The third kappa shape index (κ3) is 4.75. The molecule has 0 atom stereocenters. The van der Waals surface area contributed by atoms with Crippen LogP contribution in [0.3, 0.4) is 0 Å². The summed E-state index contributed by atoms with van der Waals surface area (Å²) in [5, 5.41) is 17.3.